The van der Waals surface area contributed by atoms with Gasteiger partial charge in [-0.25, -0.2) is 8.42 Å². The van der Waals surface area contributed by atoms with Crippen LogP contribution in [-0.4, -0.2) is 26.5 Å². The standard InChI is InChI=1S/C15H22ClNO2S/c1-2-3-15(13-4-6-14(16)7-5-13)17-10-12-8-9-20(18,19)11-12/h4-7,12,15,17H,2-3,8-11H2,1H3. The molecule has 0 spiro atoms. The number of halogens is 1. The molecular weight excluding hydrogens is 294 g/mol. The van der Waals surface area contributed by atoms with Crippen LogP contribution in [0.2, 0.25) is 5.02 Å². The van der Waals surface area contributed by atoms with E-state index in [0.717, 1.165) is 30.8 Å². The molecule has 112 valence electrons. The highest BCUT2D eigenvalue weighted by Crippen LogP contribution is 2.23. The van der Waals surface area contributed by atoms with Gasteiger partial charge >= 0.3 is 0 Å². The van der Waals surface area contributed by atoms with Gasteiger partial charge in [0, 0.05) is 11.1 Å². The molecule has 0 bridgehead atoms. The molecule has 1 fully saturated rings. The van der Waals surface area contributed by atoms with Crippen LogP contribution in [0.3, 0.4) is 0 Å². The summed E-state index contributed by atoms with van der Waals surface area (Å²) < 4.78 is 23.0. The maximum Gasteiger partial charge on any atom is 0.150 e. The van der Waals surface area contributed by atoms with Gasteiger partial charge in [-0.15, -0.1) is 0 Å². The Morgan fingerprint density at radius 2 is 2.05 bits per heavy atom. The summed E-state index contributed by atoms with van der Waals surface area (Å²) in [6.07, 6.45) is 2.92. The molecular formula is C15H22ClNO2S. The van der Waals surface area contributed by atoms with Gasteiger partial charge in [-0.1, -0.05) is 37.1 Å². The summed E-state index contributed by atoms with van der Waals surface area (Å²) >= 11 is 5.92. The second-order valence-electron chi connectivity index (χ2n) is 5.57. The molecule has 20 heavy (non-hydrogen) atoms. The van der Waals surface area contributed by atoms with Crippen LogP contribution < -0.4 is 5.32 Å². The van der Waals surface area contributed by atoms with E-state index < -0.39 is 9.84 Å². The van der Waals surface area contributed by atoms with Gasteiger partial charge in [0.2, 0.25) is 0 Å². The van der Waals surface area contributed by atoms with Crippen molar-refractivity contribution in [1.82, 2.24) is 5.32 Å². The van der Waals surface area contributed by atoms with E-state index in [1.165, 1.54) is 5.56 Å². The third-order valence-electron chi connectivity index (χ3n) is 3.83. The Kier molecular flexibility index (Phi) is 5.47. The second kappa shape index (κ2) is 6.92. The number of rotatable bonds is 6. The highest BCUT2D eigenvalue weighted by Gasteiger charge is 2.28. The Balaban J connectivity index is 1.94. The van der Waals surface area contributed by atoms with Crippen molar-refractivity contribution in [1.29, 1.82) is 0 Å². The summed E-state index contributed by atoms with van der Waals surface area (Å²) in [5.41, 5.74) is 1.22. The first-order valence-electron chi connectivity index (χ1n) is 7.19. The first kappa shape index (κ1) is 15.8. The lowest BCUT2D eigenvalue weighted by molar-refractivity contribution is 0.437. The predicted molar refractivity (Wildman–Crippen MR) is 83.9 cm³/mol. The molecule has 1 aromatic rings. The van der Waals surface area contributed by atoms with E-state index in [1.54, 1.807) is 0 Å². The highest BCUT2D eigenvalue weighted by atomic mass is 35.5. The van der Waals surface area contributed by atoms with Crippen molar-refractivity contribution in [3.8, 4) is 0 Å². The van der Waals surface area contributed by atoms with Crippen LogP contribution in [0.25, 0.3) is 0 Å². The van der Waals surface area contributed by atoms with Crippen LogP contribution in [-0.2, 0) is 9.84 Å². The molecule has 3 nitrogen and oxygen atoms in total. The second-order valence-corrected chi connectivity index (χ2v) is 8.24. The molecule has 2 unspecified atom stereocenters. The van der Waals surface area contributed by atoms with E-state index >= 15 is 0 Å². The molecule has 1 aliphatic rings. The van der Waals surface area contributed by atoms with E-state index in [-0.39, 0.29) is 12.0 Å². The minimum absolute atomic E-state index is 0.256. The van der Waals surface area contributed by atoms with Crippen molar-refractivity contribution >= 4 is 21.4 Å². The lowest BCUT2D eigenvalue weighted by Crippen LogP contribution is -2.28. The van der Waals surface area contributed by atoms with Crippen molar-refractivity contribution in [2.45, 2.75) is 32.2 Å². The zero-order valence-electron chi connectivity index (χ0n) is 11.8. The van der Waals surface area contributed by atoms with Gasteiger partial charge in [-0.05, 0) is 43.0 Å². The zero-order chi connectivity index (χ0) is 14.6. The number of hydrogen-bond acceptors (Lipinski definition) is 3. The van der Waals surface area contributed by atoms with Gasteiger partial charge in [-0.2, -0.15) is 0 Å². The molecule has 1 aliphatic heterocycles. The largest absolute Gasteiger partial charge is 0.310 e. The molecule has 5 heteroatoms. The average molecular weight is 316 g/mol. The molecule has 2 rings (SSSR count). The van der Waals surface area contributed by atoms with E-state index in [1.807, 2.05) is 24.3 Å². The summed E-state index contributed by atoms with van der Waals surface area (Å²) in [5, 5.41) is 4.27. The Morgan fingerprint density at radius 1 is 1.35 bits per heavy atom. The quantitative estimate of drug-likeness (QED) is 0.877. The highest BCUT2D eigenvalue weighted by molar-refractivity contribution is 7.91. The molecule has 1 aromatic carbocycles. The minimum atomic E-state index is -2.78. The van der Waals surface area contributed by atoms with Crippen molar-refractivity contribution in [3.63, 3.8) is 0 Å². The molecule has 1 N–H and O–H groups in total. The monoisotopic (exact) mass is 315 g/mol. The summed E-state index contributed by atoms with van der Waals surface area (Å²) in [6, 6.07) is 8.17. The maximum atomic E-state index is 11.5. The lowest BCUT2D eigenvalue weighted by atomic mass is 10.0. The molecule has 0 saturated carbocycles. The molecule has 1 heterocycles. The van der Waals surface area contributed by atoms with Crippen LogP contribution in [0.1, 0.15) is 37.8 Å². The molecule has 2 atom stereocenters. The Hall–Kier alpha value is -0.580. The summed E-state index contributed by atoms with van der Waals surface area (Å²) in [7, 11) is -2.78. The van der Waals surface area contributed by atoms with Crippen LogP contribution in [0.15, 0.2) is 24.3 Å². The van der Waals surface area contributed by atoms with Gasteiger partial charge in [0.25, 0.3) is 0 Å². The van der Waals surface area contributed by atoms with Crippen molar-refractivity contribution < 1.29 is 8.42 Å². The van der Waals surface area contributed by atoms with Crippen molar-refractivity contribution in [3.05, 3.63) is 34.9 Å². The number of sulfone groups is 1. The first-order chi connectivity index (χ1) is 9.50. The van der Waals surface area contributed by atoms with Crippen LogP contribution in [0.5, 0.6) is 0 Å². The van der Waals surface area contributed by atoms with Gasteiger partial charge in [0.1, 0.15) is 0 Å². The Bertz CT molecular complexity index is 527. The van der Waals surface area contributed by atoms with Crippen LogP contribution >= 0.6 is 11.6 Å². The molecule has 0 aliphatic carbocycles. The number of hydrogen-bond donors (Lipinski definition) is 1. The van der Waals surface area contributed by atoms with E-state index in [0.29, 0.717) is 11.5 Å². The van der Waals surface area contributed by atoms with E-state index in [9.17, 15) is 8.42 Å². The fourth-order valence-electron chi connectivity index (χ4n) is 2.71. The fourth-order valence-corrected chi connectivity index (χ4v) is 4.70. The topological polar surface area (TPSA) is 46.2 Å². The maximum absolute atomic E-state index is 11.5. The van der Waals surface area contributed by atoms with Crippen LogP contribution in [0, 0.1) is 5.92 Å². The molecule has 0 amide bonds. The average Bonchev–Trinajstić information content (AvgIpc) is 2.75. The molecule has 0 radical (unpaired) electrons. The van der Waals surface area contributed by atoms with Gasteiger partial charge in [-0.3, -0.25) is 0 Å². The third-order valence-corrected chi connectivity index (χ3v) is 5.92. The SMILES string of the molecule is CCCC(NCC1CCS(=O)(=O)C1)c1ccc(Cl)cc1. The number of nitrogens with one attached hydrogen (secondary N) is 1. The van der Waals surface area contributed by atoms with Gasteiger partial charge in [0.05, 0.1) is 11.5 Å². The van der Waals surface area contributed by atoms with Gasteiger partial charge in [0.15, 0.2) is 9.84 Å². The Labute approximate surface area is 126 Å². The van der Waals surface area contributed by atoms with Gasteiger partial charge < -0.3 is 5.32 Å². The zero-order valence-corrected chi connectivity index (χ0v) is 13.4. The smallest absolute Gasteiger partial charge is 0.150 e. The van der Waals surface area contributed by atoms with E-state index in [2.05, 4.69) is 12.2 Å². The van der Waals surface area contributed by atoms with Crippen molar-refractivity contribution in [2.24, 2.45) is 5.92 Å². The first-order valence-corrected chi connectivity index (χ1v) is 9.39. The predicted octanol–water partition coefficient (Wildman–Crippen LogP) is 3.21. The fraction of sp³-hybridized carbons (Fsp3) is 0.600. The lowest BCUT2D eigenvalue weighted by Gasteiger charge is -2.20. The molecule has 0 aromatic heterocycles. The minimum Gasteiger partial charge on any atom is -0.310 e. The summed E-state index contributed by atoms with van der Waals surface area (Å²) in [6.45, 7) is 2.93. The normalized spacial score (nSPS) is 22.8. The Morgan fingerprint density at radius 3 is 2.60 bits per heavy atom. The molecule has 1 saturated heterocycles. The van der Waals surface area contributed by atoms with Crippen LogP contribution in [0.4, 0.5) is 0 Å². The number of benzene rings is 1. The van der Waals surface area contributed by atoms with E-state index in [4.69, 9.17) is 11.6 Å². The summed E-state index contributed by atoms with van der Waals surface area (Å²) in [5.74, 6) is 0.935. The summed E-state index contributed by atoms with van der Waals surface area (Å²) in [4.78, 5) is 0. The van der Waals surface area contributed by atoms with Crippen molar-refractivity contribution in [2.75, 3.05) is 18.1 Å². The third kappa shape index (κ3) is 4.47.